The van der Waals surface area contributed by atoms with Crippen LogP contribution in [0.4, 0.5) is 0 Å². The Kier molecular flexibility index (Phi) is 6.09. The van der Waals surface area contributed by atoms with Gasteiger partial charge in [-0.1, -0.05) is 26.7 Å². The Morgan fingerprint density at radius 2 is 2.10 bits per heavy atom. The van der Waals surface area contributed by atoms with Gasteiger partial charge in [0.15, 0.2) is 0 Å². The molecule has 0 amide bonds. The molecule has 0 aliphatic heterocycles. The molecule has 1 aliphatic rings. The van der Waals surface area contributed by atoms with E-state index in [1.165, 1.54) is 41.5 Å². The molecule has 1 aromatic rings. The fourth-order valence-electron chi connectivity index (χ4n) is 2.79. The van der Waals surface area contributed by atoms with Crippen LogP contribution < -0.4 is 5.32 Å². The van der Waals surface area contributed by atoms with Crippen LogP contribution in [-0.4, -0.2) is 22.4 Å². The van der Waals surface area contributed by atoms with E-state index in [0.29, 0.717) is 6.04 Å². The topological polar surface area (TPSA) is 29.9 Å². The van der Waals surface area contributed by atoms with Crippen molar-refractivity contribution in [1.29, 1.82) is 0 Å². The molecule has 1 saturated carbocycles. The predicted molar refractivity (Wildman–Crippen MR) is 88.1 cm³/mol. The first-order chi connectivity index (χ1) is 9.69. The second-order valence-corrected chi connectivity index (χ2v) is 6.70. The van der Waals surface area contributed by atoms with Crippen molar-refractivity contribution in [3.63, 3.8) is 0 Å². The number of halogens is 1. The van der Waals surface area contributed by atoms with E-state index < -0.39 is 0 Å². The molecule has 1 fully saturated rings. The zero-order valence-electron chi connectivity index (χ0n) is 13.1. The van der Waals surface area contributed by atoms with Gasteiger partial charge in [0, 0.05) is 19.0 Å². The number of nitrogens with one attached hydrogen (secondary N) is 1. The number of aromatic nitrogens is 2. The zero-order chi connectivity index (χ0) is 14.5. The van der Waals surface area contributed by atoms with Crippen LogP contribution in [0.2, 0.25) is 0 Å². The summed E-state index contributed by atoms with van der Waals surface area (Å²) in [6.07, 6.45) is 7.48. The number of hydrogen-bond acceptors (Lipinski definition) is 2. The third kappa shape index (κ3) is 4.08. The minimum atomic E-state index is 0.602. The van der Waals surface area contributed by atoms with Crippen LogP contribution in [-0.2, 0) is 19.4 Å². The summed E-state index contributed by atoms with van der Waals surface area (Å²) in [5, 5.41) is 8.45. The van der Waals surface area contributed by atoms with Gasteiger partial charge < -0.3 is 5.32 Å². The van der Waals surface area contributed by atoms with Crippen molar-refractivity contribution in [3.8, 4) is 0 Å². The van der Waals surface area contributed by atoms with E-state index in [-0.39, 0.29) is 0 Å². The molecule has 3 nitrogen and oxygen atoms in total. The molecule has 1 N–H and O–H groups in total. The highest BCUT2D eigenvalue weighted by atomic mass is 79.9. The molecular formula is C16H28BrN3. The Labute approximate surface area is 131 Å². The van der Waals surface area contributed by atoms with E-state index in [9.17, 15) is 0 Å². The first kappa shape index (κ1) is 16.0. The van der Waals surface area contributed by atoms with Crippen LogP contribution in [0.3, 0.4) is 0 Å². The van der Waals surface area contributed by atoms with Gasteiger partial charge in [0.25, 0.3) is 0 Å². The fraction of sp³-hybridized carbons (Fsp3) is 0.812. The molecule has 1 heterocycles. The molecule has 1 atom stereocenters. The summed E-state index contributed by atoms with van der Waals surface area (Å²) < 4.78 is 3.41. The molecule has 0 aromatic carbocycles. The van der Waals surface area contributed by atoms with Crippen LogP contribution in [0.15, 0.2) is 4.47 Å². The average Bonchev–Trinajstić information content (AvgIpc) is 3.22. The highest BCUT2D eigenvalue weighted by Crippen LogP contribution is 2.35. The third-order valence-corrected chi connectivity index (χ3v) is 5.05. The largest absolute Gasteiger partial charge is 0.314 e. The maximum Gasteiger partial charge on any atom is 0.0766 e. The van der Waals surface area contributed by atoms with E-state index in [1.54, 1.807) is 0 Å². The van der Waals surface area contributed by atoms with Crippen LogP contribution in [0.25, 0.3) is 0 Å². The zero-order valence-corrected chi connectivity index (χ0v) is 14.7. The van der Waals surface area contributed by atoms with Gasteiger partial charge in [0.1, 0.15) is 0 Å². The lowest BCUT2D eigenvalue weighted by molar-refractivity contribution is 0.440. The summed E-state index contributed by atoms with van der Waals surface area (Å²) in [4.78, 5) is 0. The maximum absolute atomic E-state index is 4.72. The Bertz CT molecular complexity index is 424. The monoisotopic (exact) mass is 341 g/mol. The summed E-state index contributed by atoms with van der Waals surface area (Å²) in [6, 6.07) is 0.602. The molecule has 0 radical (unpaired) electrons. The molecule has 0 saturated heterocycles. The predicted octanol–water partition coefficient (Wildman–Crippen LogP) is 3.94. The quantitative estimate of drug-likeness (QED) is 0.737. The molecular weight excluding hydrogens is 314 g/mol. The summed E-state index contributed by atoms with van der Waals surface area (Å²) in [5.41, 5.74) is 2.57. The molecule has 4 heteroatoms. The normalized spacial score (nSPS) is 16.6. The molecule has 114 valence electrons. The standard InChI is InChI=1S/C16H28BrN3/c1-4-9-18-13(10-12-7-8-12)11-15-16(17)14(5-2)19-20(15)6-3/h12-13,18H,4-11H2,1-3H3. The number of rotatable bonds is 9. The second-order valence-electron chi connectivity index (χ2n) is 5.91. The van der Waals surface area contributed by atoms with Crippen molar-refractivity contribution in [2.45, 2.75) is 71.9 Å². The third-order valence-electron chi connectivity index (χ3n) is 4.13. The lowest BCUT2D eigenvalue weighted by atomic mass is 10.0. The van der Waals surface area contributed by atoms with Crippen LogP contribution in [0.5, 0.6) is 0 Å². The van der Waals surface area contributed by atoms with Crippen molar-refractivity contribution in [1.82, 2.24) is 15.1 Å². The Morgan fingerprint density at radius 1 is 1.35 bits per heavy atom. The number of nitrogens with zero attached hydrogens (tertiary/aromatic N) is 2. The molecule has 1 aromatic heterocycles. The Hall–Kier alpha value is -0.350. The van der Waals surface area contributed by atoms with Gasteiger partial charge in [0.2, 0.25) is 0 Å². The summed E-state index contributed by atoms with van der Waals surface area (Å²) >= 11 is 3.77. The van der Waals surface area contributed by atoms with E-state index >= 15 is 0 Å². The highest BCUT2D eigenvalue weighted by molar-refractivity contribution is 9.10. The highest BCUT2D eigenvalue weighted by Gasteiger charge is 2.27. The SMILES string of the molecule is CCCNC(Cc1c(Br)c(CC)nn1CC)CC1CC1. The van der Waals surface area contributed by atoms with Crippen molar-refractivity contribution >= 4 is 15.9 Å². The van der Waals surface area contributed by atoms with Crippen molar-refractivity contribution in [3.05, 3.63) is 15.9 Å². The molecule has 0 spiro atoms. The summed E-state index contributed by atoms with van der Waals surface area (Å²) in [7, 11) is 0. The molecule has 1 unspecified atom stereocenters. The minimum absolute atomic E-state index is 0.602. The summed E-state index contributed by atoms with van der Waals surface area (Å²) in [6.45, 7) is 8.67. The average molecular weight is 342 g/mol. The lowest BCUT2D eigenvalue weighted by Crippen LogP contribution is -2.33. The smallest absolute Gasteiger partial charge is 0.0766 e. The Morgan fingerprint density at radius 3 is 2.65 bits per heavy atom. The van der Waals surface area contributed by atoms with Crippen LogP contribution in [0.1, 0.15) is 57.8 Å². The van der Waals surface area contributed by atoms with Gasteiger partial charge in [-0.3, -0.25) is 4.68 Å². The first-order valence-corrected chi connectivity index (χ1v) is 8.96. The van der Waals surface area contributed by atoms with Gasteiger partial charge in [0.05, 0.1) is 15.9 Å². The van der Waals surface area contributed by atoms with Gasteiger partial charge in [-0.25, -0.2) is 0 Å². The molecule has 0 bridgehead atoms. The Balaban J connectivity index is 2.09. The number of aryl methyl sites for hydroxylation is 2. The summed E-state index contributed by atoms with van der Waals surface area (Å²) in [5.74, 6) is 0.965. The van der Waals surface area contributed by atoms with Crippen LogP contribution in [0, 0.1) is 5.92 Å². The van der Waals surface area contributed by atoms with Gasteiger partial charge in [-0.15, -0.1) is 0 Å². The van der Waals surface area contributed by atoms with Gasteiger partial charge in [-0.2, -0.15) is 5.10 Å². The second kappa shape index (κ2) is 7.60. The maximum atomic E-state index is 4.72. The van der Waals surface area contributed by atoms with E-state index in [1.807, 2.05) is 0 Å². The van der Waals surface area contributed by atoms with Crippen molar-refractivity contribution < 1.29 is 0 Å². The molecule has 2 rings (SSSR count). The van der Waals surface area contributed by atoms with Crippen LogP contribution >= 0.6 is 15.9 Å². The van der Waals surface area contributed by atoms with Crippen molar-refractivity contribution in [2.24, 2.45) is 5.92 Å². The lowest BCUT2D eigenvalue weighted by Gasteiger charge is -2.19. The minimum Gasteiger partial charge on any atom is -0.314 e. The van der Waals surface area contributed by atoms with Gasteiger partial charge >= 0.3 is 0 Å². The molecule has 20 heavy (non-hydrogen) atoms. The van der Waals surface area contributed by atoms with Gasteiger partial charge in [-0.05, 0) is 54.6 Å². The van der Waals surface area contributed by atoms with E-state index in [0.717, 1.165) is 31.8 Å². The van der Waals surface area contributed by atoms with E-state index in [4.69, 9.17) is 5.10 Å². The first-order valence-electron chi connectivity index (χ1n) is 8.16. The molecule has 1 aliphatic carbocycles. The number of hydrogen-bond donors (Lipinski definition) is 1. The van der Waals surface area contributed by atoms with Crippen molar-refractivity contribution in [2.75, 3.05) is 6.54 Å². The van der Waals surface area contributed by atoms with E-state index in [2.05, 4.69) is 46.7 Å². The fourth-order valence-corrected chi connectivity index (χ4v) is 3.52.